The summed E-state index contributed by atoms with van der Waals surface area (Å²) in [6, 6.07) is 0. The van der Waals surface area contributed by atoms with E-state index in [1.807, 2.05) is 0 Å². The molecule has 3 rings (SSSR count). The van der Waals surface area contributed by atoms with Gasteiger partial charge in [-0.3, -0.25) is 0 Å². The Labute approximate surface area is 70.8 Å². The molecule has 2 bridgehead atoms. The minimum atomic E-state index is 0.591. The highest BCUT2D eigenvalue weighted by Crippen LogP contribution is 2.60. The standard InChI is InChI=1S/C9H13Br/c1-9(2)6-3-4-8(10)7(9)5-6/h4,6-7H,3,5H2,1-2H3. The maximum absolute atomic E-state index is 3.63. The fraction of sp³-hybridized carbons (Fsp3) is 0.778. The van der Waals surface area contributed by atoms with E-state index in [1.54, 1.807) is 0 Å². The van der Waals surface area contributed by atoms with Crippen LogP contribution in [0.2, 0.25) is 0 Å². The zero-order chi connectivity index (χ0) is 7.35. The molecule has 0 amide bonds. The Morgan fingerprint density at radius 3 is 2.60 bits per heavy atom. The first kappa shape index (κ1) is 6.90. The number of hydrogen-bond donors (Lipinski definition) is 0. The quantitative estimate of drug-likeness (QED) is 0.563. The lowest BCUT2D eigenvalue weighted by Crippen LogP contribution is -2.46. The SMILES string of the molecule is CC1(C)C2CC=C(Br)C1C2. The van der Waals surface area contributed by atoms with E-state index in [1.165, 1.54) is 17.3 Å². The molecule has 3 aliphatic rings. The smallest absolute Gasteiger partial charge is 0.00418 e. The zero-order valence-corrected chi connectivity index (χ0v) is 8.11. The summed E-state index contributed by atoms with van der Waals surface area (Å²) in [6.07, 6.45) is 5.07. The number of rotatable bonds is 0. The van der Waals surface area contributed by atoms with Gasteiger partial charge < -0.3 is 0 Å². The lowest BCUT2D eigenvalue weighted by Gasteiger charge is -2.55. The second kappa shape index (κ2) is 1.88. The van der Waals surface area contributed by atoms with Gasteiger partial charge in [0, 0.05) is 0 Å². The molecule has 0 spiro atoms. The van der Waals surface area contributed by atoms with Crippen molar-refractivity contribution >= 4 is 15.9 Å². The molecule has 0 aromatic heterocycles. The lowest BCUT2D eigenvalue weighted by molar-refractivity contribution is 0.000905. The molecule has 3 aliphatic carbocycles. The predicted molar refractivity (Wildman–Crippen MR) is 47.0 cm³/mol. The third-order valence-electron chi connectivity index (χ3n) is 3.40. The van der Waals surface area contributed by atoms with Gasteiger partial charge in [0.15, 0.2) is 0 Å². The highest BCUT2D eigenvalue weighted by molar-refractivity contribution is 9.11. The van der Waals surface area contributed by atoms with Crippen LogP contribution in [0, 0.1) is 17.3 Å². The molecule has 0 radical (unpaired) electrons. The molecule has 0 aromatic carbocycles. The van der Waals surface area contributed by atoms with Crippen LogP contribution in [0.4, 0.5) is 0 Å². The molecular weight excluding hydrogens is 188 g/mol. The first-order chi connectivity index (χ1) is 4.62. The summed E-state index contributed by atoms with van der Waals surface area (Å²) >= 11 is 3.63. The number of allylic oxidation sites excluding steroid dienone is 2. The van der Waals surface area contributed by atoms with Crippen molar-refractivity contribution < 1.29 is 0 Å². The van der Waals surface area contributed by atoms with Crippen LogP contribution >= 0.6 is 15.9 Å². The molecule has 1 heteroatoms. The van der Waals surface area contributed by atoms with Crippen molar-refractivity contribution in [1.29, 1.82) is 0 Å². The zero-order valence-electron chi connectivity index (χ0n) is 6.52. The molecule has 0 saturated heterocycles. The highest BCUT2D eigenvalue weighted by atomic mass is 79.9. The molecular formula is C9H13Br. The van der Waals surface area contributed by atoms with Crippen LogP contribution in [-0.4, -0.2) is 0 Å². The second-order valence-electron chi connectivity index (χ2n) is 4.13. The number of halogens is 1. The molecule has 0 aliphatic heterocycles. The van der Waals surface area contributed by atoms with Crippen LogP contribution in [0.1, 0.15) is 26.7 Å². The molecule has 0 nitrogen and oxygen atoms in total. The Bertz CT molecular complexity index is 191. The van der Waals surface area contributed by atoms with E-state index in [-0.39, 0.29) is 0 Å². The Hall–Kier alpha value is 0.220. The predicted octanol–water partition coefficient (Wildman–Crippen LogP) is 3.33. The van der Waals surface area contributed by atoms with Gasteiger partial charge in [-0.2, -0.15) is 0 Å². The first-order valence-electron chi connectivity index (χ1n) is 3.98. The van der Waals surface area contributed by atoms with Crippen molar-refractivity contribution in [3.63, 3.8) is 0 Å². The maximum atomic E-state index is 3.63. The van der Waals surface area contributed by atoms with Crippen LogP contribution in [0.5, 0.6) is 0 Å². The van der Waals surface area contributed by atoms with Gasteiger partial charge >= 0.3 is 0 Å². The van der Waals surface area contributed by atoms with Gasteiger partial charge in [-0.05, 0) is 34.6 Å². The van der Waals surface area contributed by atoms with Gasteiger partial charge in [-0.15, -0.1) is 0 Å². The summed E-state index contributed by atoms with van der Waals surface area (Å²) < 4.78 is 1.46. The van der Waals surface area contributed by atoms with Gasteiger partial charge in [-0.1, -0.05) is 35.9 Å². The Kier molecular flexibility index (Phi) is 1.30. The van der Waals surface area contributed by atoms with E-state index in [0.717, 1.165) is 11.8 Å². The van der Waals surface area contributed by atoms with Crippen molar-refractivity contribution in [3.05, 3.63) is 10.6 Å². The monoisotopic (exact) mass is 200 g/mol. The van der Waals surface area contributed by atoms with E-state index >= 15 is 0 Å². The summed E-state index contributed by atoms with van der Waals surface area (Å²) in [5.74, 6) is 1.81. The molecule has 1 saturated carbocycles. The Morgan fingerprint density at radius 2 is 2.30 bits per heavy atom. The van der Waals surface area contributed by atoms with Gasteiger partial charge in [0.05, 0.1) is 0 Å². The third-order valence-corrected chi connectivity index (χ3v) is 4.28. The molecule has 0 aromatic rings. The van der Waals surface area contributed by atoms with Gasteiger partial charge in [0.2, 0.25) is 0 Å². The first-order valence-corrected chi connectivity index (χ1v) is 4.77. The summed E-state index contributed by atoms with van der Waals surface area (Å²) in [5.41, 5.74) is 0.591. The molecule has 1 fully saturated rings. The van der Waals surface area contributed by atoms with Gasteiger partial charge in [0.1, 0.15) is 0 Å². The van der Waals surface area contributed by atoms with E-state index in [9.17, 15) is 0 Å². The van der Waals surface area contributed by atoms with E-state index < -0.39 is 0 Å². The van der Waals surface area contributed by atoms with Crippen molar-refractivity contribution in [3.8, 4) is 0 Å². The minimum Gasteiger partial charge on any atom is -0.0738 e. The Morgan fingerprint density at radius 1 is 1.60 bits per heavy atom. The number of fused-ring (bicyclic) bond motifs is 1. The van der Waals surface area contributed by atoms with Crippen molar-refractivity contribution in [2.75, 3.05) is 0 Å². The summed E-state index contributed by atoms with van der Waals surface area (Å²) in [7, 11) is 0. The van der Waals surface area contributed by atoms with E-state index in [0.29, 0.717) is 5.41 Å². The lowest BCUT2D eigenvalue weighted by atomic mass is 9.51. The largest absolute Gasteiger partial charge is 0.0738 e. The van der Waals surface area contributed by atoms with Crippen molar-refractivity contribution in [2.24, 2.45) is 17.3 Å². The van der Waals surface area contributed by atoms with Crippen LogP contribution in [0.15, 0.2) is 10.6 Å². The van der Waals surface area contributed by atoms with Crippen LogP contribution in [-0.2, 0) is 0 Å². The molecule has 56 valence electrons. The molecule has 10 heavy (non-hydrogen) atoms. The normalized spacial score (nSPS) is 42.1. The molecule has 0 N–H and O–H groups in total. The fourth-order valence-corrected chi connectivity index (χ4v) is 3.24. The second-order valence-corrected chi connectivity index (χ2v) is 5.05. The average Bonchev–Trinajstić information content (AvgIpc) is 1.87. The average molecular weight is 201 g/mol. The van der Waals surface area contributed by atoms with E-state index in [4.69, 9.17) is 0 Å². The van der Waals surface area contributed by atoms with E-state index in [2.05, 4.69) is 35.9 Å². The van der Waals surface area contributed by atoms with Crippen LogP contribution in [0.25, 0.3) is 0 Å². The van der Waals surface area contributed by atoms with Crippen LogP contribution in [0.3, 0.4) is 0 Å². The van der Waals surface area contributed by atoms with Gasteiger partial charge in [0.25, 0.3) is 0 Å². The molecule has 2 atom stereocenters. The summed E-state index contributed by atoms with van der Waals surface area (Å²) in [6.45, 7) is 4.78. The maximum Gasteiger partial charge on any atom is -0.00418 e. The molecule has 0 heterocycles. The topological polar surface area (TPSA) is 0 Å². The third kappa shape index (κ3) is 0.674. The number of hydrogen-bond acceptors (Lipinski definition) is 0. The Balaban J connectivity index is 2.30. The summed E-state index contributed by atoms with van der Waals surface area (Å²) in [4.78, 5) is 0. The van der Waals surface area contributed by atoms with Gasteiger partial charge in [-0.25, -0.2) is 0 Å². The van der Waals surface area contributed by atoms with Crippen LogP contribution < -0.4 is 0 Å². The minimum absolute atomic E-state index is 0.591. The summed E-state index contributed by atoms with van der Waals surface area (Å²) in [5, 5.41) is 0. The molecule has 2 unspecified atom stereocenters. The van der Waals surface area contributed by atoms with Crippen molar-refractivity contribution in [2.45, 2.75) is 26.7 Å². The highest BCUT2D eigenvalue weighted by Gasteiger charge is 2.50. The van der Waals surface area contributed by atoms with Crippen molar-refractivity contribution in [1.82, 2.24) is 0 Å². The fourth-order valence-electron chi connectivity index (χ4n) is 2.28.